The molecule has 1 amide bonds. The van der Waals surface area contributed by atoms with Crippen molar-refractivity contribution in [3.05, 3.63) is 35.4 Å². The van der Waals surface area contributed by atoms with Crippen molar-refractivity contribution in [1.82, 2.24) is 10.6 Å². The minimum absolute atomic E-state index is 0.106. The van der Waals surface area contributed by atoms with Crippen LogP contribution in [0.15, 0.2) is 24.3 Å². The minimum Gasteiger partial charge on any atom is -0.465 e. The van der Waals surface area contributed by atoms with Gasteiger partial charge in [0.25, 0.3) is 0 Å². The predicted molar refractivity (Wildman–Crippen MR) is 80.4 cm³/mol. The monoisotopic (exact) mass is 304 g/mol. The highest BCUT2D eigenvalue weighted by atomic mass is 16.5. The third kappa shape index (κ3) is 3.92. The van der Waals surface area contributed by atoms with Gasteiger partial charge in [-0.3, -0.25) is 9.59 Å². The number of methoxy groups -OCH3 is 1. The summed E-state index contributed by atoms with van der Waals surface area (Å²) >= 11 is 0. The van der Waals surface area contributed by atoms with Gasteiger partial charge >= 0.3 is 5.97 Å². The van der Waals surface area contributed by atoms with Crippen LogP contribution in [0, 0.1) is 0 Å². The normalized spacial score (nSPS) is 19.4. The molecule has 0 bridgehead atoms. The lowest BCUT2D eigenvalue weighted by molar-refractivity contribution is -0.129. The molecule has 1 heterocycles. The summed E-state index contributed by atoms with van der Waals surface area (Å²) in [4.78, 5) is 34.9. The van der Waals surface area contributed by atoms with Gasteiger partial charge in [-0.25, -0.2) is 4.79 Å². The Bertz CT molecular complexity index is 568. The van der Waals surface area contributed by atoms with Crippen LogP contribution in [0.2, 0.25) is 0 Å². The maximum Gasteiger partial charge on any atom is 0.337 e. The van der Waals surface area contributed by atoms with Crippen molar-refractivity contribution in [1.29, 1.82) is 0 Å². The summed E-state index contributed by atoms with van der Waals surface area (Å²) in [5, 5.41) is 5.92. The molecule has 22 heavy (non-hydrogen) atoms. The fourth-order valence-electron chi connectivity index (χ4n) is 2.40. The quantitative estimate of drug-likeness (QED) is 0.810. The Hall–Kier alpha value is -2.21. The van der Waals surface area contributed by atoms with E-state index in [1.807, 2.05) is 6.92 Å². The molecule has 118 valence electrons. The molecule has 2 atom stereocenters. The van der Waals surface area contributed by atoms with Gasteiger partial charge in [0.05, 0.1) is 24.8 Å². The molecular formula is C16H20N2O4. The topological polar surface area (TPSA) is 84.5 Å². The van der Waals surface area contributed by atoms with Crippen LogP contribution in [0.25, 0.3) is 0 Å². The molecule has 1 aromatic carbocycles. The van der Waals surface area contributed by atoms with Crippen molar-refractivity contribution in [3.8, 4) is 0 Å². The first-order chi connectivity index (χ1) is 10.5. The predicted octanol–water partition coefficient (Wildman–Crippen LogP) is 0.971. The number of piperidine rings is 1. The number of benzene rings is 1. The highest BCUT2D eigenvalue weighted by molar-refractivity contribution is 5.91. The molecule has 0 aliphatic carbocycles. The Morgan fingerprint density at radius 1 is 1.32 bits per heavy atom. The van der Waals surface area contributed by atoms with Crippen molar-refractivity contribution in [2.45, 2.75) is 31.8 Å². The third-order valence-corrected chi connectivity index (χ3v) is 3.73. The first-order valence-electron chi connectivity index (χ1n) is 7.25. The maximum atomic E-state index is 12.1. The van der Waals surface area contributed by atoms with Gasteiger partial charge in [-0.1, -0.05) is 12.1 Å². The second kappa shape index (κ2) is 7.17. The molecule has 1 aliphatic heterocycles. The average Bonchev–Trinajstić information content (AvgIpc) is 2.54. The van der Waals surface area contributed by atoms with Gasteiger partial charge in [0.1, 0.15) is 5.78 Å². The van der Waals surface area contributed by atoms with Crippen LogP contribution >= 0.6 is 0 Å². The summed E-state index contributed by atoms with van der Waals surface area (Å²) < 4.78 is 4.64. The van der Waals surface area contributed by atoms with E-state index in [0.29, 0.717) is 18.5 Å². The van der Waals surface area contributed by atoms with E-state index in [0.717, 1.165) is 5.56 Å². The van der Waals surface area contributed by atoms with E-state index in [9.17, 15) is 14.4 Å². The lowest BCUT2D eigenvalue weighted by Crippen LogP contribution is -2.49. The van der Waals surface area contributed by atoms with Crippen molar-refractivity contribution < 1.29 is 19.1 Å². The molecule has 2 rings (SSSR count). The summed E-state index contributed by atoms with van der Waals surface area (Å²) in [7, 11) is 1.33. The fraction of sp³-hybridized carbons (Fsp3) is 0.438. The number of amides is 1. The zero-order valence-electron chi connectivity index (χ0n) is 12.7. The Morgan fingerprint density at radius 3 is 2.59 bits per heavy atom. The molecule has 0 spiro atoms. The number of nitrogens with one attached hydrogen (secondary N) is 2. The third-order valence-electron chi connectivity index (χ3n) is 3.73. The first kappa shape index (κ1) is 16.2. The van der Waals surface area contributed by atoms with Crippen LogP contribution in [0.5, 0.6) is 0 Å². The Morgan fingerprint density at radius 2 is 2.00 bits per heavy atom. The van der Waals surface area contributed by atoms with E-state index in [4.69, 9.17) is 0 Å². The second-order valence-corrected chi connectivity index (χ2v) is 5.34. The molecule has 1 fully saturated rings. The zero-order chi connectivity index (χ0) is 16.1. The van der Waals surface area contributed by atoms with Gasteiger partial charge in [-0.05, 0) is 24.6 Å². The molecule has 0 aromatic heterocycles. The van der Waals surface area contributed by atoms with Crippen LogP contribution in [0.4, 0.5) is 0 Å². The maximum absolute atomic E-state index is 12.1. The molecule has 0 radical (unpaired) electrons. The van der Waals surface area contributed by atoms with Gasteiger partial charge in [-0.2, -0.15) is 0 Å². The summed E-state index contributed by atoms with van der Waals surface area (Å²) in [6.45, 7) is 2.40. The fourth-order valence-corrected chi connectivity index (χ4v) is 2.40. The number of Topliss-reactive ketones (excluding diaryl/α,β-unsaturated/α-hetero) is 1. The van der Waals surface area contributed by atoms with Crippen LogP contribution in [-0.4, -0.2) is 37.4 Å². The first-order valence-corrected chi connectivity index (χ1v) is 7.25. The van der Waals surface area contributed by atoms with Crippen LogP contribution in [-0.2, 0) is 14.3 Å². The van der Waals surface area contributed by atoms with E-state index in [1.165, 1.54) is 7.11 Å². The van der Waals surface area contributed by atoms with Crippen molar-refractivity contribution in [2.75, 3.05) is 13.7 Å². The van der Waals surface area contributed by atoms with Crippen molar-refractivity contribution >= 4 is 17.7 Å². The van der Waals surface area contributed by atoms with Gasteiger partial charge in [0, 0.05) is 19.4 Å². The van der Waals surface area contributed by atoms with Gasteiger partial charge < -0.3 is 15.4 Å². The van der Waals surface area contributed by atoms with E-state index in [2.05, 4.69) is 15.4 Å². The molecular weight excluding hydrogens is 284 g/mol. The van der Waals surface area contributed by atoms with Gasteiger partial charge in [-0.15, -0.1) is 0 Å². The SMILES string of the molecule is COC(=O)c1ccc([C@H](C)NC(=O)[C@H]2CC(=O)CCN2)cc1. The van der Waals surface area contributed by atoms with E-state index >= 15 is 0 Å². The molecule has 1 aliphatic rings. The Kier molecular flexibility index (Phi) is 5.27. The van der Waals surface area contributed by atoms with Crippen molar-refractivity contribution in [2.24, 2.45) is 0 Å². The summed E-state index contributed by atoms with van der Waals surface area (Å²) in [5.74, 6) is -0.472. The molecule has 1 saturated heterocycles. The van der Waals surface area contributed by atoms with Crippen LogP contribution < -0.4 is 10.6 Å². The van der Waals surface area contributed by atoms with E-state index < -0.39 is 12.0 Å². The Balaban J connectivity index is 1.96. The zero-order valence-corrected chi connectivity index (χ0v) is 12.7. The molecule has 0 unspecified atom stereocenters. The summed E-state index contributed by atoms with van der Waals surface area (Å²) in [6.07, 6.45) is 0.716. The number of hydrogen-bond donors (Lipinski definition) is 2. The lowest BCUT2D eigenvalue weighted by atomic mass is 10.0. The summed E-state index contributed by atoms with van der Waals surface area (Å²) in [5.41, 5.74) is 1.34. The van der Waals surface area contributed by atoms with Crippen LogP contribution in [0.1, 0.15) is 41.7 Å². The highest BCUT2D eigenvalue weighted by Gasteiger charge is 2.26. The largest absolute Gasteiger partial charge is 0.465 e. The number of hydrogen-bond acceptors (Lipinski definition) is 5. The summed E-state index contributed by atoms with van der Waals surface area (Å²) in [6, 6.07) is 6.20. The smallest absolute Gasteiger partial charge is 0.337 e. The molecule has 1 aromatic rings. The molecule has 2 N–H and O–H groups in total. The number of esters is 1. The number of carbonyl (C=O) groups is 3. The standard InChI is InChI=1S/C16H20N2O4/c1-10(11-3-5-12(6-4-11)16(21)22-2)18-15(20)14-9-13(19)7-8-17-14/h3-6,10,14,17H,7-9H2,1-2H3,(H,18,20)/t10-,14+/m0/s1. The van der Waals surface area contributed by atoms with Gasteiger partial charge in [0.2, 0.25) is 5.91 Å². The average molecular weight is 304 g/mol. The lowest BCUT2D eigenvalue weighted by Gasteiger charge is -2.24. The van der Waals surface area contributed by atoms with Crippen molar-refractivity contribution in [3.63, 3.8) is 0 Å². The number of ketones is 1. The number of rotatable bonds is 4. The Labute approximate surface area is 129 Å². The molecule has 6 heteroatoms. The number of carbonyl (C=O) groups excluding carboxylic acids is 3. The molecule has 6 nitrogen and oxygen atoms in total. The van der Waals surface area contributed by atoms with E-state index in [-0.39, 0.29) is 24.2 Å². The van der Waals surface area contributed by atoms with E-state index in [1.54, 1.807) is 24.3 Å². The van der Waals surface area contributed by atoms with Gasteiger partial charge in [0.15, 0.2) is 0 Å². The number of ether oxygens (including phenoxy) is 1. The minimum atomic E-state index is -0.460. The second-order valence-electron chi connectivity index (χ2n) is 5.34. The van der Waals surface area contributed by atoms with Crippen LogP contribution in [0.3, 0.4) is 0 Å². The molecule has 0 saturated carbocycles. The highest BCUT2D eigenvalue weighted by Crippen LogP contribution is 2.15.